The molecule has 0 aliphatic carbocycles. The summed E-state index contributed by atoms with van der Waals surface area (Å²) in [6.45, 7) is 3.66. The zero-order chi connectivity index (χ0) is 16.2. The van der Waals surface area contributed by atoms with E-state index >= 15 is 0 Å². The molecule has 0 saturated carbocycles. The molecule has 4 nitrogen and oxygen atoms in total. The highest BCUT2D eigenvalue weighted by molar-refractivity contribution is 7.10. The molecule has 0 bridgehead atoms. The van der Waals surface area contributed by atoms with Crippen molar-refractivity contribution in [1.82, 2.24) is 4.90 Å². The Balaban J connectivity index is 1.60. The van der Waals surface area contributed by atoms with Gasteiger partial charge in [0.1, 0.15) is 0 Å². The second kappa shape index (κ2) is 7.77. The minimum absolute atomic E-state index is 0.105. The minimum Gasteiger partial charge on any atom is -0.387 e. The van der Waals surface area contributed by atoms with Crippen LogP contribution in [0.4, 0.5) is 0 Å². The zero-order valence-electron chi connectivity index (χ0n) is 13.8. The van der Waals surface area contributed by atoms with Crippen LogP contribution in [0.1, 0.15) is 56.4 Å². The molecule has 23 heavy (non-hydrogen) atoms. The van der Waals surface area contributed by atoms with Crippen LogP contribution >= 0.6 is 11.3 Å². The first-order chi connectivity index (χ1) is 11.2. The maximum Gasteiger partial charge on any atom is 0.226 e. The number of nitrogens with zero attached hydrogens (tertiary/aromatic N) is 1. The average Bonchev–Trinajstić information content (AvgIpc) is 3.26. The fourth-order valence-electron chi connectivity index (χ4n) is 3.85. The van der Waals surface area contributed by atoms with Crippen LogP contribution < -0.4 is 0 Å². The molecule has 2 fully saturated rings. The number of hydrogen-bond donors (Lipinski definition) is 1. The summed E-state index contributed by atoms with van der Waals surface area (Å²) >= 11 is 1.59. The molecule has 3 heterocycles. The van der Waals surface area contributed by atoms with Crippen LogP contribution in [-0.2, 0) is 9.53 Å². The average molecular weight is 337 g/mol. The molecule has 1 amide bonds. The predicted molar refractivity (Wildman–Crippen MR) is 91.4 cm³/mol. The van der Waals surface area contributed by atoms with Gasteiger partial charge in [-0.25, -0.2) is 0 Å². The van der Waals surface area contributed by atoms with Gasteiger partial charge in [-0.05, 0) is 50.0 Å². The molecule has 0 aromatic carbocycles. The Morgan fingerprint density at radius 2 is 2.39 bits per heavy atom. The topological polar surface area (TPSA) is 49.8 Å². The maximum atomic E-state index is 12.9. The zero-order valence-corrected chi connectivity index (χ0v) is 14.6. The van der Waals surface area contributed by atoms with Crippen molar-refractivity contribution in [3.63, 3.8) is 0 Å². The molecular weight excluding hydrogens is 310 g/mol. The van der Waals surface area contributed by atoms with Crippen LogP contribution in [0.3, 0.4) is 0 Å². The molecule has 3 rings (SSSR count). The Hall–Kier alpha value is -0.910. The summed E-state index contributed by atoms with van der Waals surface area (Å²) in [5, 5.41) is 12.4. The molecule has 2 saturated heterocycles. The minimum atomic E-state index is -0.452. The van der Waals surface area contributed by atoms with E-state index in [-0.39, 0.29) is 24.0 Å². The van der Waals surface area contributed by atoms with Crippen LogP contribution in [0.25, 0.3) is 0 Å². The van der Waals surface area contributed by atoms with Crippen LogP contribution in [0.5, 0.6) is 0 Å². The highest BCUT2D eigenvalue weighted by Gasteiger charge is 2.36. The Morgan fingerprint density at radius 3 is 3.13 bits per heavy atom. The van der Waals surface area contributed by atoms with E-state index in [2.05, 4.69) is 6.92 Å². The molecule has 1 aromatic rings. The van der Waals surface area contributed by atoms with E-state index in [4.69, 9.17) is 4.74 Å². The lowest BCUT2D eigenvalue weighted by atomic mass is 9.92. The van der Waals surface area contributed by atoms with Crippen LogP contribution in [-0.4, -0.2) is 41.2 Å². The first-order valence-electron chi connectivity index (χ1n) is 8.82. The van der Waals surface area contributed by atoms with E-state index in [1.165, 1.54) is 0 Å². The van der Waals surface area contributed by atoms with Crippen molar-refractivity contribution in [2.24, 2.45) is 5.92 Å². The van der Waals surface area contributed by atoms with Crippen molar-refractivity contribution in [2.45, 2.75) is 63.7 Å². The summed E-state index contributed by atoms with van der Waals surface area (Å²) in [6, 6.07) is 4.12. The standard InChI is InChI=1S/C18H27NO3S/c1-2-15-11-13(7-9-22-15)18(21)19-8-3-5-14(19)12-16(20)17-6-4-10-23-17/h4,6,10,13-16,20H,2-3,5,7-9,11-12H2,1H3. The Kier molecular flexibility index (Phi) is 5.72. The number of carbonyl (C=O) groups is 1. The summed E-state index contributed by atoms with van der Waals surface area (Å²) in [4.78, 5) is 16.0. The molecule has 0 spiro atoms. The lowest BCUT2D eigenvalue weighted by Crippen LogP contribution is -2.43. The van der Waals surface area contributed by atoms with E-state index in [0.29, 0.717) is 13.0 Å². The van der Waals surface area contributed by atoms with Gasteiger partial charge in [-0.2, -0.15) is 0 Å². The van der Waals surface area contributed by atoms with E-state index in [1.807, 2.05) is 22.4 Å². The molecular formula is C18H27NO3S. The highest BCUT2D eigenvalue weighted by atomic mass is 32.1. The van der Waals surface area contributed by atoms with Gasteiger partial charge in [0.05, 0.1) is 12.2 Å². The molecule has 2 aliphatic rings. The number of thiophene rings is 1. The second-order valence-corrected chi connectivity index (χ2v) is 7.70. The smallest absolute Gasteiger partial charge is 0.226 e. The third-order valence-electron chi connectivity index (χ3n) is 5.20. The van der Waals surface area contributed by atoms with Crippen LogP contribution in [0.15, 0.2) is 17.5 Å². The predicted octanol–water partition coefficient (Wildman–Crippen LogP) is 3.37. The molecule has 2 aliphatic heterocycles. The summed E-state index contributed by atoms with van der Waals surface area (Å²) in [6.07, 6.45) is 5.17. The van der Waals surface area contributed by atoms with Crippen molar-refractivity contribution in [3.8, 4) is 0 Å². The quantitative estimate of drug-likeness (QED) is 0.896. The third kappa shape index (κ3) is 3.95. The van der Waals surface area contributed by atoms with Gasteiger partial charge in [-0.1, -0.05) is 13.0 Å². The van der Waals surface area contributed by atoms with Crippen molar-refractivity contribution >= 4 is 17.2 Å². The van der Waals surface area contributed by atoms with Crippen LogP contribution in [0.2, 0.25) is 0 Å². The van der Waals surface area contributed by atoms with Gasteiger partial charge in [0.15, 0.2) is 0 Å². The van der Waals surface area contributed by atoms with Gasteiger partial charge in [0.2, 0.25) is 5.91 Å². The van der Waals surface area contributed by atoms with E-state index in [0.717, 1.165) is 43.5 Å². The Labute approximate surface area is 142 Å². The molecule has 1 N–H and O–H groups in total. The van der Waals surface area contributed by atoms with E-state index in [1.54, 1.807) is 11.3 Å². The number of likely N-dealkylation sites (tertiary alicyclic amines) is 1. The van der Waals surface area contributed by atoms with Gasteiger partial charge >= 0.3 is 0 Å². The fourth-order valence-corrected chi connectivity index (χ4v) is 4.57. The Bertz CT molecular complexity index is 504. The van der Waals surface area contributed by atoms with E-state index < -0.39 is 6.10 Å². The second-order valence-electron chi connectivity index (χ2n) is 6.72. The molecule has 4 atom stereocenters. The molecule has 128 valence electrons. The van der Waals surface area contributed by atoms with Gasteiger partial charge in [-0.3, -0.25) is 4.79 Å². The van der Waals surface area contributed by atoms with Gasteiger partial charge < -0.3 is 14.7 Å². The number of ether oxygens (including phenoxy) is 1. The molecule has 1 aromatic heterocycles. The summed E-state index contributed by atoms with van der Waals surface area (Å²) < 4.78 is 5.70. The fraction of sp³-hybridized carbons (Fsp3) is 0.722. The van der Waals surface area contributed by atoms with Crippen molar-refractivity contribution < 1.29 is 14.6 Å². The Morgan fingerprint density at radius 1 is 1.52 bits per heavy atom. The summed E-state index contributed by atoms with van der Waals surface area (Å²) in [5.74, 6) is 0.390. The summed E-state index contributed by atoms with van der Waals surface area (Å²) in [7, 11) is 0. The third-order valence-corrected chi connectivity index (χ3v) is 6.17. The highest BCUT2D eigenvalue weighted by Crippen LogP contribution is 2.32. The largest absolute Gasteiger partial charge is 0.387 e. The maximum absolute atomic E-state index is 12.9. The lowest BCUT2D eigenvalue weighted by molar-refractivity contribution is -0.142. The van der Waals surface area contributed by atoms with Gasteiger partial charge in [0.25, 0.3) is 0 Å². The lowest BCUT2D eigenvalue weighted by Gasteiger charge is -2.34. The van der Waals surface area contributed by atoms with Gasteiger partial charge in [-0.15, -0.1) is 11.3 Å². The number of amides is 1. The monoisotopic (exact) mass is 337 g/mol. The van der Waals surface area contributed by atoms with Crippen LogP contribution in [0, 0.1) is 5.92 Å². The number of aliphatic hydroxyl groups is 1. The number of aliphatic hydroxyl groups excluding tert-OH is 1. The normalized spacial score (nSPS) is 29.7. The summed E-state index contributed by atoms with van der Waals surface area (Å²) in [5.41, 5.74) is 0. The number of rotatable bonds is 5. The number of hydrogen-bond acceptors (Lipinski definition) is 4. The van der Waals surface area contributed by atoms with Crippen molar-refractivity contribution in [2.75, 3.05) is 13.2 Å². The molecule has 4 unspecified atom stereocenters. The van der Waals surface area contributed by atoms with Crippen molar-refractivity contribution in [1.29, 1.82) is 0 Å². The first kappa shape index (κ1) is 16.9. The molecule has 5 heteroatoms. The number of carbonyl (C=O) groups excluding carboxylic acids is 1. The SMILES string of the molecule is CCC1CC(C(=O)N2CCCC2CC(O)c2cccs2)CCO1. The van der Waals surface area contributed by atoms with E-state index in [9.17, 15) is 9.90 Å². The van der Waals surface area contributed by atoms with Gasteiger partial charge in [0, 0.05) is 30.0 Å². The molecule has 0 radical (unpaired) electrons. The first-order valence-corrected chi connectivity index (χ1v) is 9.70. The van der Waals surface area contributed by atoms with Crippen molar-refractivity contribution in [3.05, 3.63) is 22.4 Å².